The Balaban J connectivity index is 1.76. The lowest BCUT2D eigenvalue weighted by molar-refractivity contribution is -0.127. The lowest BCUT2D eigenvalue weighted by atomic mass is 10.1. The van der Waals surface area contributed by atoms with E-state index >= 15 is 0 Å². The van der Waals surface area contributed by atoms with Gasteiger partial charge in [0.1, 0.15) is 18.0 Å². The molecule has 1 saturated heterocycles. The summed E-state index contributed by atoms with van der Waals surface area (Å²) in [6.07, 6.45) is 1.30. The molecule has 1 aliphatic rings. The lowest BCUT2D eigenvalue weighted by Crippen LogP contribution is -2.38. The van der Waals surface area contributed by atoms with Crippen molar-refractivity contribution in [1.29, 1.82) is 0 Å². The number of nitrogens with zero attached hydrogens (tertiary/aromatic N) is 1. The first-order valence-corrected chi connectivity index (χ1v) is 9.31. The monoisotopic (exact) mass is 463 g/mol. The van der Waals surface area contributed by atoms with Crippen molar-refractivity contribution >= 4 is 57.1 Å². The van der Waals surface area contributed by atoms with Gasteiger partial charge in [-0.2, -0.15) is 0 Å². The molecule has 4 amide bonds. The molecule has 0 atom stereocenters. The van der Waals surface area contributed by atoms with Crippen LogP contribution in [-0.2, 0) is 9.59 Å². The van der Waals surface area contributed by atoms with Crippen molar-refractivity contribution in [3.63, 3.8) is 0 Å². The number of carbonyl (C=O) groups excluding carboxylic acids is 3. The van der Waals surface area contributed by atoms with Crippen LogP contribution in [0, 0.1) is 6.92 Å². The summed E-state index contributed by atoms with van der Waals surface area (Å²) in [5, 5.41) is 15.5. The summed E-state index contributed by atoms with van der Waals surface area (Å²) in [5.74, 6) is -1.32. The molecule has 0 unspecified atom stereocenters. The number of phenols is 1. The number of aryl methyl sites for hydroxylation is 1. The van der Waals surface area contributed by atoms with Gasteiger partial charge in [0.15, 0.2) is 0 Å². The molecular weight excluding hydrogens is 450 g/mol. The van der Waals surface area contributed by atoms with E-state index in [0.29, 0.717) is 15.2 Å². The molecule has 0 radical (unpaired) electrons. The largest absolute Gasteiger partial charge is 0.506 e. The van der Waals surface area contributed by atoms with E-state index in [4.69, 9.17) is 11.6 Å². The van der Waals surface area contributed by atoms with Crippen LogP contribution in [0.4, 0.5) is 10.5 Å². The third kappa shape index (κ3) is 4.35. The molecule has 3 rings (SSSR count). The summed E-state index contributed by atoms with van der Waals surface area (Å²) >= 11 is 9.11. The predicted octanol–water partition coefficient (Wildman–Crippen LogP) is 3.65. The minimum absolute atomic E-state index is 0.0715. The standard InChI is InChI=1S/C19H15BrClN3O4/c1-10-3-2-4-13(5-10)22-16(25)9-24-18(27)15(23-19(24)28)7-11-6-12(21)8-14(20)17(11)26/h2-8,26H,9H2,1H3,(H,22,25)(H,23,28)/b15-7+. The van der Waals surface area contributed by atoms with Crippen LogP contribution in [0.1, 0.15) is 11.1 Å². The van der Waals surface area contributed by atoms with Crippen LogP contribution in [0.5, 0.6) is 5.75 Å². The Morgan fingerprint density at radius 1 is 1.32 bits per heavy atom. The molecule has 9 heteroatoms. The van der Waals surface area contributed by atoms with E-state index in [1.807, 2.05) is 13.0 Å². The lowest BCUT2D eigenvalue weighted by Gasteiger charge is -2.12. The zero-order valence-corrected chi connectivity index (χ0v) is 17.0. The number of rotatable bonds is 4. The van der Waals surface area contributed by atoms with Crippen LogP contribution in [0.25, 0.3) is 6.08 Å². The average molecular weight is 465 g/mol. The number of benzene rings is 2. The van der Waals surface area contributed by atoms with Crippen LogP contribution >= 0.6 is 27.5 Å². The van der Waals surface area contributed by atoms with Crippen LogP contribution < -0.4 is 10.6 Å². The van der Waals surface area contributed by atoms with E-state index < -0.39 is 24.4 Å². The van der Waals surface area contributed by atoms with Crippen molar-refractivity contribution in [2.75, 3.05) is 11.9 Å². The molecule has 0 spiro atoms. The smallest absolute Gasteiger partial charge is 0.329 e. The first-order valence-electron chi connectivity index (χ1n) is 8.13. The highest BCUT2D eigenvalue weighted by atomic mass is 79.9. The topological polar surface area (TPSA) is 98.7 Å². The quantitative estimate of drug-likeness (QED) is 0.475. The molecule has 1 aliphatic heterocycles. The molecule has 3 N–H and O–H groups in total. The normalized spacial score (nSPS) is 15.1. The summed E-state index contributed by atoms with van der Waals surface area (Å²) in [6.45, 7) is 1.44. The van der Waals surface area contributed by atoms with Gasteiger partial charge in [0, 0.05) is 16.3 Å². The molecule has 2 aromatic rings. The number of carbonyl (C=O) groups is 3. The number of halogens is 2. The van der Waals surface area contributed by atoms with Gasteiger partial charge in [-0.3, -0.25) is 9.59 Å². The number of nitrogens with one attached hydrogen (secondary N) is 2. The molecule has 1 fully saturated rings. The van der Waals surface area contributed by atoms with Gasteiger partial charge in [0.2, 0.25) is 5.91 Å². The van der Waals surface area contributed by atoms with Crippen molar-refractivity contribution < 1.29 is 19.5 Å². The average Bonchev–Trinajstić information content (AvgIpc) is 2.86. The van der Waals surface area contributed by atoms with Gasteiger partial charge >= 0.3 is 6.03 Å². The summed E-state index contributed by atoms with van der Waals surface area (Å²) in [5.41, 5.74) is 1.71. The maximum atomic E-state index is 12.5. The van der Waals surface area contributed by atoms with E-state index in [0.717, 1.165) is 10.5 Å². The number of phenolic OH excluding ortho intramolecular Hbond substituents is 1. The fraction of sp³-hybridized carbons (Fsp3) is 0.105. The summed E-state index contributed by atoms with van der Waals surface area (Å²) in [7, 11) is 0. The Hall–Kier alpha value is -2.84. The highest BCUT2D eigenvalue weighted by Gasteiger charge is 2.35. The Kier molecular flexibility index (Phi) is 5.71. The number of imide groups is 1. The highest BCUT2D eigenvalue weighted by molar-refractivity contribution is 9.10. The van der Waals surface area contributed by atoms with Crippen molar-refractivity contribution in [3.8, 4) is 5.75 Å². The molecule has 1 heterocycles. The van der Waals surface area contributed by atoms with E-state index in [9.17, 15) is 19.5 Å². The van der Waals surface area contributed by atoms with E-state index in [-0.39, 0.29) is 17.0 Å². The molecule has 28 heavy (non-hydrogen) atoms. The number of hydrogen-bond acceptors (Lipinski definition) is 4. The Bertz CT molecular complexity index is 1020. The van der Waals surface area contributed by atoms with E-state index in [1.54, 1.807) is 18.2 Å². The van der Waals surface area contributed by atoms with Crippen LogP contribution in [0.2, 0.25) is 5.02 Å². The summed E-state index contributed by atoms with van der Waals surface area (Å²) in [4.78, 5) is 37.6. The number of anilines is 1. The first kappa shape index (κ1) is 19.9. The predicted molar refractivity (Wildman–Crippen MR) is 109 cm³/mol. The number of hydrogen-bond donors (Lipinski definition) is 3. The number of amides is 4. The molecule has 0 aliphatic carbocycles. The Labute approximate surface area is 174 Å². The Morgan fingerprint density at radius 3 is 2.79 bits per heavy atom. The van der Waals surface area contributed by atoms with Gasteiger partial charge < -0.3 is 15.7 Å². The first-order chi connectivity index (χ1) is 13.2. The Morgan fingerprint density at radius 2 is 2.07 bits per heavy atom. The van der Waals surface area contributed by atoms with Gasteiger partial charge in [-0.05, 0) is 58.8 Å². The minimum Gasteiger partial charge on any atom is -0.506 e. The fourth-order valence-electron chi connectivity index (χ4n) is 2.63. The number of aromatic hydroxyl groups is 1. The fourth-order valence-corrected chi connectivity index (χ4v) is 3.47. The van der Waals surface area contributed by atoms with Crippen LogP contribution in [0.15, 0.2) is 46.6 Å². The molecule has 0 aromatic heterocycles. The summed E-state index contributed by atoms with van der Waals surface area (Å²) in [6, 6.07) is 9.37. The minimum atomic E-state index is -0.726. The van der Waals surface area contributed by atoms with E-state index in [2.05, 4.69) is 26.6 Å². The van der Waals surface area contributed by atoms with Crippen molar-refractivity contribution in [1.82, 2.24) is 10.2 Å². The third-order valence-electron chi connectivity index (χ3n) is 3.92. The van der Waals surface area contributed by atoms with Crippen LogP contribution in [0.3, 0.4) is 0 Å². The zero-order valence-electron chi connectivity index (χ0n) is 14.6. The SMILES string of the molecule is Cc1cccc(NC(=O)CN2C(=O)N/C(=C/c3cc(Cl)cc(Br)c3O)C2=O)c1. The third-order valence-corrected chi connectivity index (χ3v) is 4.75. The molecule has 144 valence electrons. The van der Waals surface area contributed by atoms with Gasteiger partial charge in [-0.15, -0.1) is 0 Å². The molecule has 0 bridgehead atoms. The van der Waals surface area contributed by atoms with Crippen molar-refractivity contribution in [3.05, 3.63) is 62.7 Å². The van der Waals surface area contributed by atoms with Crippen LogP contribution in [-0.4, -0.2) is 34.4 Å². The van der Waals surface area contributed by atoms with Gasteiger partial charge in [-0.1, -0.05) is 23.7 Å². The van der Waals surface area contributed by atoms with Gasteiger partial charge in [0.25, 0.3) is 5.91 Å². The highest BCUT2D eigenvalue weighted by Crippen LogP contribution is 2.33. The van der Waals surface area contributed by atoms with Crippen molar-refractivity contribution in [2.24, 2.45) is 0 Å². The summed E-state index contributed by atoms with van der Waals surface area (Å²) < 4.78 is 0.345. The van der Waals surface area contributed by atoms with Gasteiger partial charge in [0.05, 0.1) is 4.47 Å². The molecular formula is C19H15BrClN3O4. The maximum Gasteiger partial charge on any atom is 0.329 e. The zero-order chi connectivity index (χ0) is 20.4. The molecule has 7 nitrogen and oxygen atoms in total. The molecule has 2 aromatic carbocycles. The van der Waals surface area contributed by atoms with Crippen molar-refractivity contribution in [2.45, 2.75) is 6.92 Å². The van der Waals surface area contributed by atoms with E-state index in [1.165, 1.54) is 18.2 Å². The second kappa shape index (κ2) is 8.04. The maximum absolute atomic E-state index is 12.5. The second-order valence-electron chi connectivity index (χ2n) is 6.12. The molecule has 0 saturated carbocycles. The number of urea groups is 1. The van der Waals surface area contributed by atoms with Gasteiger partial charge in [-0.25, -0.2) is 9.69 Å². The second-order valence-corrected chi connectivity index (χ2v) is 7.41.